The van der Waals surface area contributed by atoms with Crippen LogP contribution in [0.4, 0.5) is 0 Å². The van der Waals surface area contributed by atoms with Crippen molar-refractivity contribution >= 4 is 29.1 Å². The number of aromatic nitrogens is 2. The molecule has 7 nitrogen and oxygen atoms in total. The fourth-order valence-electron chi connectivity index (χ4n) is 2.07. The molecule has 3 rings (SSSR count). The number of fused-ring (bicyclic) bond motifs is 1. The highest BCUT2D eigenvalue weighted by atomic mass is 32.1. The van der Waals surface area contributed by atoms with Crippen LogP contribution in [-0.4, -0.2) is 44.3 Å². The maximum atomic E-state index is 12.1. The zero-order valence-corrected chi connectivity index (χ0v) is 11.5. The van der Waals surface area contributed by atoms with E-state index < -0.39 is 5.97 Å². The average molecular weight is 303 g/mol. The van der Waals surface area contributed by atoms with Crippen molar-refractivity contribution in [3.63, 3.8) is 0 Å². The van der Waals surface area contributed by atoms with Crippen molar-refractivity contribution < 1.29 is 19.5 Å². The number of nitrogens with zero attached hydrogens (tertiary/aromatic N) is 3. The van der Waals surface area contributed by atoms with E-state index in [1.54, 1.807) is 0 Å². The molecule has 3 heterocycles. The lowest BCUT2D eigenvalue weighted by molar-refractivity contribution is 0.0650. The van der Waals surface area contributed by atoms with Gasteiger partial charge in [-0.1, -0.05) is 0 Å². The van der Waals surface area contributed by atoms with E-state index in [1.165, 1.54) is 35.2 Å². The Bertz CT molecular complexity index is 720. The Morgan fingerprint density at radius 1 is 1.29 bits per heavy atom. The number of aromatic carboxylic acids is 1. The average Bonchev–Trinajstić information content (AvgIpc) is 3.03. The number of carbonyl (C=O) groups is 3. The number of carboxylic acids is 1. The summed E-state index contributed by atoms with van der Waals surface area (Å²) in [5.74, 6) is -1.82. The lowest BCUT2D eigenvalue weighted by Gasteiger charge is -2.12. The molecule has 0 fully saturated rings. The highest BCUT2D eigenvalue weighted by Crippen LogP contribution is 2.22. The number of pyridine rings is 1. The molecule has 2 aromatic rings. The molecule has 1 N–H and O–H groups in total. The van der Waals surface area contributed by atoms with Crippen molar-refractivity contribution in [2.45, 2.75) is 6.42 Å². The normalized spacial score (nSPS) is 13.6. The minimum Gasteiger partial charge on any atom is -0.476 e. The van der Waals surface area contributed by atoms with Crippen LogP contribution in [0.3, 0.4) is 0 Å². The van der Waals surface area contributed by atoms with Gasteiger partial charge < -0.3 is 5.11 Å². The first-order valence-electron chi connectivity index (χ1n) is 6.06. The summed E-state index contributed by atoms with van der Waals surface area (Å²) in [5.41, 5.74) is 0.620. The van der Waals surface area contributed by atoms with Gasteiger partial charge in [-0.05, 0) is 6.07 Å². The van der Waals surface area contributed by atoms with E-state index in [9.17, 15) is 14.4 Å². The number of hydrogen-bond acceptors (Lipinski definition) is 6. The fourth-order valence-corrected chi connectivity index (χ4v) is 2.83. The van der Waals surface area contributed by atoms with Crippen molar-refractivity contribution in [2.24, 2.45) is 0 Å². The summed E-state index contributed by atoms with van der Waals surface area (Å²) in [6.45, 7) is 0.166. The summed E-state index contributed by atoms with van der Waals surface area (Å²) in [5, 5.41) is 10.8. The molecular formula is C13H9N3O4S. The monoisotopic (exact) mass is 303 g/mol. The van der Waals surface area contributed by atoms with Gasteiger partial charge in [0.15, 0.2) is 5.69 Å². The molecule has 1 aliphatic rings. The SMILES string of the molecule is O=C(O)c1csc(CCN2C(=O)c3ccncc3C2=O)n1. The minimum atomic E-state index is -1.09. The summed E-state index contributed by atoms with van der Waals surface area (Å²) in [7, 11) is 0. The third-order valence-corrected chi connectivity index (χ3v) is 4.00. The predicted octanol–water partition coefficient (Wildman–Crippen LogP) is 1.08. The summed E-state index contributed by atoms with van der Waals surface area (Å²) in [4.78, 5) is 43.9. The van der Waals surface area contributed by atoms with Crippen LogP contribution >= 0.6 is 11.3 Å². The Morgan fingerprint density at radius 3 is 2.71 bits per heavy atom. The largest absolute Gasteiger partial charge is 0.476 e. The summed E-state index contributed by atoms with van der Waals surface area (Å²) < 4.78 is 0. The number of carbonyl (C=O) groups excluding carboxylic acids is 2. The zero-order valence-electron chi connectivity index (χ0n) is 10.6. The molecule has 0 atom stereocenters. The van der Waals surface area contributed by atoms with Gasteiger partial charge in [0.05, 0.1) is 16.1 Å². The van der Waals surface area contributed by atoms with E-state index in [0.29, 0.717) is 22.6 Å². The Balaban J connectivity index is 1.73. The number of hydrogen-bond donors (Lipinski definition) is 1. The van der Waals surface area contributed by atoms with Gasteiger partial charge in [0.25, 0.3) is 11.8 Å². The quantitative estimate of drug-likeness (QED) is 0.848. The van der Waals surface area contributed by atoms with Gasteiger partial charge in [0.2, 0.25) is 0 Å². The Kier molecular flexibility index (Phi) is 3.22. The number of imide groups is 1. The summed E-state index contributed by atoms with van der Waals surface area (Å²) in [6, 6.07) is 1.52. The van der Waals surface area contributed by atoms with E-state index in [-0.39, 0.29) is 24.1 Å². The van der Waals surface area contributed by atoms with Crippen LogP contribution in [0.25, 0.3) is 0 Å². The predicted molar refractivity (Wildman–Crippen MR) is 72.4 cm³/mol. The second kappa shape index (κ2) is 5.06. The number of thiazole rings is 1. The third kappa shape index (κ3) is 2.29. The van der Waals surface area contributed by atoms with Gasteiger partial charge in [-0.15, -0.1) is 11.3 Å². The Hall–Kier alpha value is -2.61. The fraction of sp³-hybridized carbons (Fsp3) is 0.154. The van der Waals surface area contributed by atoms with E-state index in [2.05, 4.69) is 9.97 Å². The molecule has 21 heavy (non-hydrogen) atoms. The van der Waals surface area contributed by atoms with Crippen LogP contribution in [0.1, 0.15) is 36.2 Å². The van der Waals surface area contributed by atoms with Crippen molar-refractivity contribution in [3.8, 4) is 0 Å². The molecule has 0 saturated carbocycles. The molecule has 0 spiro atoms. The number of rotatable bonds is 4. The molecule has 0 unspecified atom stereocenters. The minimum absolute atomic E-state index is 0.0263. The molecule has 0 saturated heterocycles. The number of carboxylic acid groups (broad SMARTS) is 1. The van der Waals surface area contributed by atoms with Gasteiger partial charge in [-0.25, -0.2) is 9.78 Å². The Labute approximate surface area is 122 Å². The summed E-state index contributed by atoms with van der Waals surface area (Å²) in [6.07, 6.45) is 3.17. The van der Waals surface area contributed by atoms with Gasteiger partial charge in [0, 0.05) is 30.7 Å². The highest BCUT2D eigenvalue weighted by molar-refractivity contribution is 7.09. The first-order chi connectivity index (χ1) is 10.1. The lowest BCUT2D eigenvalue weighted by Crippen LogP contribution is -2.31. The smallest absolute Gasteiger partial charge is 0.355 e. The molecular weight excluding hydrogens is 294 g/mol. The molecule has 106 valence electrons. The van der Waals surface area contributed by atoms with Crippen LogP contribution in [-0.2, 0) is 6.42 Å². The second-order valence-electron chi connectivity index (χ2n) is 4.36. The van der Waals surface area contributed by atoms with Gasteiger partial charge in [-0.3, -0.25) is 19.5 Å². The zero-order chi connectivity index (χ0) is 15.0. The maximum absolute atomic E-state index is 12.1. The topological polar surface area (TPSA) is 100 Å². The Morgan fingerprint density at radius 2 is 2.05 bits per heavy atom. The van der Waals surface area contributed by atoms with Crippen molar-refractivity contribution in [2.75, 3.05) is 6.54 Å². The van der Waals surface area contributed by atoms with Gasteiger partial charge >= 0.3 is 5.97 Å². The van der Waals surface area contributed by atoms with Gasteiger partial charge in [0.1, 0.15) is 0 Å². The first kappa shape index (κ1) is 13.4. The van der Waals surface area contributed by atoms with Crippen LogP contribution in [0.15, 0.2) is 23.8 Å². The molecule has 0 bridgehead atoms. The van der Waals surface area contributed by atoms with Crippen LogP contribution in [0.5, 0.6) is 0 Å². The second-order valence-corrected chi connectivity index (χ2v) is 5.31. The molecule has 8 heteroatoms. The highest BCUT2D eigenvalue weighted by Gasteiger charge is 2.35. The van der Waals surface area contributed by atoms with Crippen molar-refractivity contribution in [3.05, 3.63) is 45.7 Å². The van der Waals surface area contributed by atoms with Gasteiger partial charge in [-0.2, -0.15) is 0 Å². The first-order valence-corrected chi connectivity index (χ1v) is 6.94. The number of amides is 2. The molecule has 0 radical (unpaired) electrons. The van der Waals surface area contributed by atoms with E-state index in [0.717, 1.165) is 4.90 Å². The van der Waals surface area contributed by atoms with Crippen LogP contribution < -0.4 is 0 Å². The van der Waals surface area contributed by atoms with E-state index >= 15 is 0 Å². The molecule has 2 amide bonds. The standard InChI is InChI=1S/C13H9N3O4S/c17-11-7-1-3-14-5-8(7)12(18)16(11)4-2-10-15-9(6-21-10)13(19)20/h1,3,5-6H,2,4H2,(H,19,20). The molecule has 0 aliphatic carbocycles. The van der Waals surface area contributed by atoms with Crippen molar-refractivity contribution in [1.82, 2.24) is 14.9 Å². The lowest BCUT2D eigenvalue weighted by atomic mass is 10.2. The molecule has 0 aromatic carbocycles. The van der Waals surface area contributed by atoms with Crippen LogP contribution in [0, 0.1) is 0 Å². The van der Waals surface area contributed by atoms with Crippen LogP contribution in [0.2, 0.25) is 0 Å². The molecule has 1 aliphatic heterocycles. The van der Waals surface area contributed by atoms with Crippen molar-refractivity contribution in [1.29, 1.82) is 0 Å². The van der Waals surface area contributed by atoms with E-state index in [4.69, 9.17) is 5.11 Å². The van der Waals surface area contributed by atoms with E-state index in [1.807, 2.05) is 0 Å². The summed E-state index contributed by atoms with van der Waals surface area (Å²) >= 11 is 1.19. The third-order valence-electron chi connectivity index (χ3n) is 3.09. The molecule has 2 aromatic heterocycles. The maximum Gasteiger partial charge on any atom is 0.355 e.